The topological polar surface area (TPSA) is 26.0 Å². The molecule has 0 radical (unpaired) electrons. The smallest absolute Gasteiger partial charge is 0.0154 e. The fraction of sp³-hybridized carbons (Fsp3) is 1.00. The number of rotatable bonds is 39. The van der Waals surface area contributed by atoms with Crippen LogP contribution in [0.5, 0.6) is 0 Å². The van der Waals surface area contributed by atoms with E-state index in [4.69, 9.17) is 5.73 Å². The summed E-state index contributed by atoms with van der Waals surface area (Å²) in [5.74, 6) is 0. The van der Waals surface area contributed by atoms with Gasteiger partial charge in [0.2, 0.25) is 0 Å². The van der Waals surface area contributed by atoms with Gasteiger partial charge in [0.1, 0.15) is 0 Å². The molecule has 0 amide bonds. The third-order valence-electron chi connectivity index (χ3n) is 10.6. The normalized spacial score (nSPS) is 13.1. The number of nitrogens with two attached hydrogens (primary N) is 1. The molecule has 0 aliphatic rings. The molecule has 0 aliphatic heterocycles. The first-order chi connectivity index (χ1) is 21.7. The molecule has 0 bridgehead atoms. The Hall–Kier alpha value is -0.0400. The molecule has 0 heterocycles. The fourth-order valence-corrected chi connectivity index (χ4v) is 7.33. The van der Waals surface area contributed by atoms with Crippen LogP contribution >= 0.6 is 0 Å². The highest BCUT2D eigenvalue weighted by Crippen LogP contribution is 2.27. The molecule has 0 saturated heterocycles. The quantitative estimate of drug-likeness (QED) is 0.0680. The van der Waals surface area contributed by atoms with E-state index in [1.165, 1.54) is 250 Å². The van der Waals surface area contributed by atoms with E-state index in [-0.39, 0.29) is 5.54 Å². The van der Waals surface area contributed by atoms with E-state index in [0.717, 1.165) is 0 Å². The van der Waals surface area contributed by atoms with Crippen LogP contribution in [0.1, 0.15) is 271 Å². The van der Waals surface area contributed by atoms with E-state index >= 15 is 0 Å². The van der Waals surface area contributed by atoms with E-state index in [1.807, 2.05) is 0 Å². The molecule has 44 heavy (non-hydrogen) atoms. The lowest BCUT2D eigenvalue weighted by atomic mass is 9.82. The molecule has 0 rings (SSSR count). The summed E-state index contributed by atoms with van der Waals surface area (Å²) in [6.45, 7) is 6.94. The fourth-order valence-electron chi connectivity index (χ4n) is 7.33. The lowest BCUT2D eigenvalue weighted by Crippen LogP contribution is -2.39. The molecular weight excluding hydrogens is 530 g/mol. The summed E-state index contributed by atoms with van der Waals surface area (Å²) >= 11 is 0. The molecular formula is C43H89N. The second-order valence-corrected chi connectivity index (χ2v) is 15.3. The Morgan fingerprint density at radius 2 is 0.364 bits per heavy atom. The SMILES string of the molecule is CCCCCCCCCCCCCCCCC(N)(CCCCCCCCCCCC)CCCCCCCCCCCCCC. The average Bonchev–Trinajstić information content (AvgIpc) is 3.02. The first-order valence-corrected chi connectivity index (χ1v) is 21.5. The Morgan fingerprint density at radius 1 is 0.227 bits per heavy atom. The van der Waals surface area contributed by atoms with Crippen molar-refractivity contribution in [3.8, 4) is 0 Å². The monoisotopic (exact) mass is 620 g/mol. The van der Waals surface area contributed by atoms with Gasteiger partial charge in [0.05, 0.1) is 0 Å². The van der Waals surface area contributed by atoms with Crippen molar-refractivity contribution in [1.82, 2.24) is 0 Å². The molecule has 0 aromatic carbocycles. The van der Waals surface area contributed by atoms with Crippen molar-refractivity contribution in [3.63, 3.8) is 0 Å². The maximum Gasteiger partial charge on any atom is 0.0154 e. The lowest BCUT2D eigenvalue weighted by molar-refractivity contribution is 0.302. The Bertz CT molecular complexity index is 501. The summed E-state index contributed by atoms with van der Waals surface area (Å²) in [4.78, 5) is 0. The minimum absolute atomic E-state index is 0.121. The summed E-state index contributed by atoms with van der Waals surface area (Å²) < 4.78 is 0. The van der Waals surface area contributed by atoms with Gasteiger partial charge >= 0.3 is 0 Å². The van der Waals surface area contributed by atoms with Gasteiger partial charge in [-0.25, -0.2) is 0 Å². The Balaban J connectivity index is 4.04. The Morgan fingerprint density at radius 3 is 0.523 bits per heavy atom. The largest absolute Gasteiger partial charge is 0.325 e. The molecule has 0 spiro atoms. The molecule has 0 aromatic heterocycles. The summed E-state index contributed by atoms with van der Waals surface area (Å²) in [6, 6.07) is 0. The highest BCUT2D eigenvalue weighted by Gasteiger charge is 2.23. The third kappa shape index (κ3) is 34.8. The second kappa shape index (κ2) is 37.4. The summed E-state index contributed by atoms with van der Waals surface area (Å²) in [7, 11) is 0. The van der Waals surface area contributed by atoms with Crippen LogP contribution in [0, 0.1) is 0 Å². The zero-order valence-electron chi connectivity index (χ0n) is 31.7. The molecule has 1 atom stereocenters. The number of hydrogen-bond donors (Lipinski definition) is 1. The van der Waals surface area contributed by atoms with E-state index in [0.29, 0.717) is 0 Å². The Kier molecular flexibility index (Phi) is 37.4. The van der Waals surface area contributed by atoms with E-state index in [2.05, 4.69) is 20.8 Å². The van der Waals surface area contributed by atoms with Gasteiger partial charge in [-0.15, -0.1) is 0 Å². The van der Waals surface area contributed by atoms with Gasteiger partial charge in [-0.3, -0.25) is 0 Å². The molecule has 1 heteroatoms. The van der Waals surface area contributed by atoms with Crippen LogP contribution in [-0.2, 0) is 0 Å². The third-order valence-corrected chi connectivity index (χ3v) is 10.6. The van der Waals surface area contributed by atoms with Crippen molar-refractivity contribution in [3.05, 3.63) is 0 Å². The molecule has 266 valence electrons. The van der Waals surface area contributed by atoms with Gasteiger partial charge in [-0.2, -0.15) is 0 Å². The van der Waals surface area contributed by atoms with Crippen LogP contribution in [0.15, 0.2) is 0 Å². The lowest BCUT2D eigenvalue weighted by Gasteiger charge is -2.30. The highest BCUT2D eigenvalue weighted by atomic mass is 14.7. The van der Waals surface area contributed by atoms with Gasteiger partial charge in [0.15, 0.2) is 0 Å². The molecule has 0 aliphatic carbocycles. The molecule has 2 N–H and O–H groups in total. The maximum atomic E-state index is 7.18. The van der Waals surface area contributed by atoms with Gasteiger partial charge < -0.3 is 5.73 Å². The average molecular weight is 620 g/mol. The zero-order valence-corrected chi connectivity index (χ0v) is 31.7. The summed E-state index contributed by atoms with van der Waals surface area (Å²) in [6.07, 6.45) is 55.5. The van der Waals surface area contributed by atoms with Crippen LogP contribution in [-0.4, -0.2) is 5.54 Å². The van der Waals surface area contributed by atoms with Gasteiger partial charge in [-0.05, 0) is 19.3 Å². The van der Waals surface area contributed by atoms with Crippen LogP contribution in [0.4, 0.5) is 0 Å². The maximum absolute atomic E-state index is 7.18. The predicted molar refractivity (Wildman–Crippen MR) is 204 cm³/mol. The molecule has 0 saturated carbocycles. The Labute approximate surface area is 281 Å². The minimum atomic E-state index is 0.121. The molecule has 0 fully saturated rings. The van der Waals surface area contributed by atoms with Gasteiger partial charge in [0, 0.05) is 5.54 Å². The van der Waals surface area contributed by atoms with Crippen molar-refractivity contribution in [2.75, 3.05) is 0 Å². The van der Waals surface area contributed by atoms with E-state index < -0.39 is 0 Å². The van der Waals surface area contributed by atoms with Crippen LogP contribution < -0.4 is 5.73 Å². The van der Waals surface area contributed by atoms with Crippen molar-refractivity contribution >= 4 is 0 Å². The zero-order chi connectivity index (χ0) is 32.1. The predicted octanol–water partition coefficient (Wildman–Crippen LogP) is 16.0. The summed E-state index contributed by atoms with van der Waals surface area (Å²) in [5.41, 5.74) is 7.31. The standard InChI is InChI=1S/C43H89N/c1-4-7-10-13-16-19-22-24-25-27-30-33-36-39-42-43(44,40-37-34-31-28-21-18-15-12-9-6-3)41-38-35-32-29-26-23-20-17-14-11-8-5-2/h4-42,44H2,1-3H3. The van der Waals surface area contributed by atoms with E-state index in [1.54, 1.807) is 0 Å². The van der Waals surface area contributed by atoms with Crippen LogP contribution in [0.25, 0.3) is 0 Å². The summed E-state index contributed by atoms with van der Waals surface area (Å²) in [5, 5.41) is 0. The van der Waals surface area contributed by atoms with Crippen molar-refractivity contribution in [2.24, 2.45) is 5.73 Å². The molecule has 0 aromatic rings. The second-order valence-electron chi connectivity index (χ2n) is 15.3. The van der Waals surface area contributed by atoms with Crippen LogP contribution in [0.3, 0.4) is 0 Å². The van der Waals surface area contributed by atoms with Crippen molar-refractivity contribution in [1.29, 1.82) is 0 Å². The van der Waals surface area contributed by atoms with Crippen molar-refractivity contribution < 1.29 is 0 Å². The minimum Gasteiger partial charge on any atom is -0.325 e. The van der Waals surface area contributed by atoms with E-state index in [9.17, 15) is 0 Å². The highest BCUT2D eigenvalue weighted by molar-refractivity contribution is 4.84. The van der Waals surface area contributed by atoms with Gasteiger partial charge in [0.25, 0.3) is 0 Å². The first-order valence-electron chi connectivity index (χ1n) is 21.5. The van der Waals surface area contributed by atoms with Crippen molar-refractivity contribution in [2.45, 2.75) is 277 Å². The molecule has 1 unspecified atom stereocenters. The number of hydrogen-bond acceptors (Lipinski definition) is 1. The molecule has 1 nitrogen and oxygen atoms in total. The van der Waals surface area contributed by atoms with Crippen LogP contribution in [0.2, 0.25) is 0 Å². The van der Waals surface area contributed by atoms with Gasteiger partial charge in [-0.1, -0.05) is 252 Å². The number of unbranched alkanes of at least 4 members (excludes halogenated alkanes) is 33. The first kappa shape index (κ1) is 44.0.